The number of hydrogen-bond donors (Lipinski definition) is 1. The van der Waals surface area contributed by atoms with Crippen LogP contribution in [0.25, 0.3) is 0 Å². The third-order valence-corrected chi connectivity index (χ3v) is 3.12. The van der Waals surface area contributed by atoms with Crippen LogP contribution in [0.15, 0.2) is 34.9 Å². The molecule has 0 aliphatic heterocycles. The summed E-state index contributed by atoms with van der Waals surface area (Å²) >= 11 is 0. The Kier molecular flexibility index (Phi) is 5.45. The topological polar surface area (TPSA) is 77.2 Å². The Morgan fingerprint density at radius 3 is 2.86 bits per heavy atom. The first-order chi connectivity index (χ1) is 10.2. The van der Waals surface area contributed by atoms with Gasteiger partial charge in [0.05, 0.1) is 5.92 Å². The smallest absolute Gasteiger partial charge is 0.252 e. The third kappa shape index (κ3) is 4.39. The normalized spacial score (nSPS) is 12.1. The average Bonchev–Trinajstić information content (AvgIpc) is 2.95. The van der Waals surface area contributed by atoms with Gasteiger partial charge in [-0.15, -0.1) is 0 Å². The number of carbonyl (C=O) groups excluding carboxylic acids is 1. The van der Waals surface area contributed by atoms with Crippen molar-refractivity contribution in [3.05, 3.63) is 47.6 Å². The molecule has 0 aliphatic rings. The van der Waals surface area contributed by atoms with E-state index >= 15 is 0 Å². The number of nitrogens with zero attached hydrogens (tertiary/aromatic N) is 2. The first-order valence-corrected chi connectivity index (χ1v) is 6.83. The van der Waals surface area contributed by atoms with Gasteiger partial charge in [-0.1, -0.05) is 35.5 Å². The summed E-state index contributed by atoms with van der Waals surface area (Å²) in [5, 5.41) is 6.70. The highest BCUT2D eigenvalue weighted by molar-refractivity contribution is 5.83. The Balaban J connectivity index is 1.78. The van der Waals surface area contributed by atoms with Gasteiger partial charge in [-0.05, 0) is 12.5 Å². The van der Waals surface area contributed by atoms with Crippen molar-refractivity contribution in [3.63, 3.8) is 0 Å². The second kappa shape index (κ2) is 7.54. The van der Waals surface area contributed by atoms with Gasteiger partial charge in [0.2, 0.25) is 5.91 Å². The molecule has 2 aromatic rings. The molecule has 2 rings (SSSR count). The van der Waals surface area contributed by atoms with Crippen molar-refractivity contribution in [3.8, 4) is 0 Å². The molecule has 0 bridgehead atoms. The van der Waals surface area contributed by atoms with Crippen LogP contribution in [0.3, 0.4) is 0 Å². The minimum atomic E-state index is -0.180. The fourth-order valence-corrected chi connectivity index (χ4v) is 1.92. The molecule has 1 aromatic heterocycles. The van der Waals surface area contributed by atoms with Gasteiger partial charge >= 0.3 is 0 Å². The van der Waals surface area contributed by atoms with Gasteiger partial charge in [-0.25, -0.2) is 0 Å². The highest BCUT2D eigenvalue weighted by atomic mass is 16.5. The highest BCUT2D eigenvalue weighted by Gasteiger charge is 2.14. The van der Waals surface area contributed by atoms with Gasteiger partial charge in [-0.2, -0.15) is 4.98 Å². The van der Waals surface area contributed by atoms with Crippen molar-refractivity contribution in [1.82, 2.24) is 15.5 Å². The first-order valence-electron chi connectivity index (χ1n) is 6.83. The Bertz CT molecular complexity index is 569. The summed E-state index contributed by atoms with van der Waals surface area (Å²) in [6, 6.07) is 9.67. The van der Waals surface area contributed by atoms with Crippen LogP contribution in [0.2, 0.25) is 0 Å². The number of benzene rings is 1. The van der Waals surface area contributed by atoms with Gasteiger partial charge in [0.1, 0.15) is 6.61 Å². The molecule has 0 spiro atoms. The van der Waals surface area contributed by atoms with Crippen LogP contribution in [-0.2, 0) is 22.6 Å². The quantitative estimate of drug-likeness (QED) is 0.839. The monoisotopic (exact) mass is 289 g/mol. The van der Waals surface area contributed by atoms with Crippen LogP contribution in [-0.4, -0.2) is 29.7 Å². The summed E-state index contributed by atoms with van der Waals surface area (Å²) in [7, 11) is 1.56. The number of carbonyl (C=O) groups is 1. The molecule has 1 unspecified atom stereocenters. The van der Waals surface area contributed by atoms with E-state index in [1.54, 1.807) is 7.11 Å². The predicted octanol–water partition coefficient (Wildman–Crippen LogP) is 1.68. The molecule has 0 fully saturated rings. The molecule has 1 N–H and O–H groups in total. The second-order valence-electron chi connectivity index (χ2n) is 4.71. The number of hydrogen-bond acceptors (Lipinski definition) is 5. The summed E-state index contributed by atoms with van der Waals surface area (Å²) in [6.45, 7) is 2.65. The van der Waals surface area contributed by atoms with Crippen LogP contribution in [0.4, 0.5) is 0 Å². The van der Waals surface area contributed by atoms with E-state index in [4.69, 9.17) is 9.26 Å². The lowest BCUT2D eigenvalue weighted by atomic mass is 10.0. The highest BCUT2D eigenvalue weighted by Crippen LogP contribution is 2.14. The van der Waals surface area contributed by atoms with Crippen molar-refractivity contribution in [1.29, 1.82) is 0 Å². The molecule has 21 heavy (non-hydrogen) atoms. The van der Waals surface area contributed by atoms with Crippen LogP contribution in [0.5, 0.6) is 0 Å². The van der Waals surface area contributed by atoms with E-state index in [-0.39, 0.29) is 11.8 Å². The molecule has 1 heterocycles. The largest absolute Gasteiger partial charge is 0.375 e. The van der Waals surface area contributed by atoms with Crippen molar-refractivity contribution in [2.45, 2.75) is 25.9 Å². The molecular weight excluding hydrogens is 270 g/mol. The van der Waals surface area contributed by atoms with E-state index in [9.17, 15) is 4.79 Å². The minimum absolute atomic E-state index is 0.0122. The van der Waals surface area contributed by atoms with E-state index < -0.39 is 0 Å². The van der Waals surface area contributed by atoms with Crippen molar-refractivity contribution in [2.24, 2.45) is 0 Å². The summed E-state index contributed by atoms with van der Waals surface area (Å²) in [5.74, 6) is 0.813. The molecule has 6 nitrogen and oxygen atoms in total. The average molecular weight is 289 g/mol. The number of rotatable bonds is 7. The minimum Gasteiger partial charge on any atom is -0.375 e. The van der Waals surface area contributed by atoms with E-state index in [1.807, 2.05) is 37.3 Å². The predicted molar refractivity (Wildman–Crippen MR) is 76.6 cm³/mol. The number of aromatic nitrogens is 2. The summed E-state index contributed by atoms with van der Waals surface area (Å²) in [4.78, 5) is 16.2. The second-order valence-corrected chi connectivity index (χ2v) is 4.71. The molecule has 0 saturated carbocycles. The third-order valence-electron chi connectivity index (χ3n) is 3.12. The standard InChI is InChI=1S/C15H19N3O3/c1-11(12-6-4-3-5-7-12)15(19)16-9-8-13-17-14(10-20-2)21-18-13/h3-7,11H,8-10H2,1-2H3,(H,16,19). The zero-order valence-corrected chi connectivity index (χ0v) is 12.2. The summed E-state index contributed by atoms with van der Waals surface area (Å²) in [5.41, 5.74) is 0.997. The molecule has 112 valence electrons. The molecular formula is C15H19N3O3. The van der Waals surface area contributed by atoms with E-state index in [0.29, 0.717) is 31.3 Å². The van der Waals surface area contributed by atoms with Gasteiger partial charge in [0.15, 0.2) is 5.82 Å². The lowest BCUT2D eigenvalue weighted by molar-refractivity contribution is -0.122. The lowest BCUT2D eigenvalue weighted by Gasteiger charge is -2.11. The van der Waals surface area contributed by atoms with Crippen LogP contribution in [0.1, 0.15) is 30.1 Å². The lowest BCUT2D eigenvalue weighted by Crippen LogP contribution is -2.30. The Morgan fingerprint density at radius 1 is 1.38 bits per heavy atom. The Labute approximate surface area is 123 Å². The molecule has 0 saturated heterocycles. The Hall–Kier alpha value is -2.21. The van der Waals surface area contributed by atoms with Gasteiger partial charge in [-0.3, -0.25) is 4.79 Å². The van der Waals surface area contributed by atoms with E-state index in [0.717, 1.165) is 5.56 Å². The molecule has 6 heteroatoms. The van der Waals surface area contributed by atoms with E-state index in [1.165, 1.54) is 0 Å². The maximum Gasteiger partial charge on any atom is 0.252 e. The maximum atomic E-state index is 12.0. The summed E-state index contributed by atoms with van der Waals surface area (Å²) < 4.78 is 9.88. The zero-order valence-electron chi connectivity index (χ0n) is 12.2. The number of amides is 1. The molecule has 1 aromatic carbocycles. The zero-order chi connectivity index (χ0) is 15.1. The first kappa shape index (κ1) is 15.2. The van der Waals surface area contributed by atoms with Gasteiger partial charge in [0, 0.05) is 20.1 Å². The molecule has 0 aliphatic carbocycles. The number of methoxy groups -OCH3 is 1. The van der Waals surface area contributed by atoms with Gasteiger partial charge < -0.3 is 14.6 Å². The van der Waals surface area contributed by atoms with Crippen molar-refractivity contribution >= 4 is 5.91 Å². The van der Waals surface area contributed by atoms with Crippen molar-refractivity contribution < 1.29 is 14.1 Å². The fraction of sp³-hybridized carbons (Fsp3) is 0.400. The fourth-order valence-electron chi connectivity index (χ4n) is 1.92. The molecule has 1 atom stereocenters. The van der Waals surface area contributed by atoms with Crippen LogP contribution < -0.4 is 5.32 Å². The SMILES string of the molecule is COCc1nc(CCNC(=O)C(C)c2ccccc2)no1. The van der Waals surface area contributed by atoms with Crippen LogP contribution >= 0.6 is 0 Å². The van der Waals surface area contributed by atoms with Gasteiger partial charge in [0.25, 0.3) is 5.89 Å². The van der Waals surface area contributed by atoms with Crippen LogP contribution in [0, 0.1) is 0 Å². The van der Waals surface area contributed by atoms with E-state index in [2.05, 4.69) is 15.5 Å². The summed E-state index contributed by atoms with van der Waals surface area (Å²) in [6.07, 6.45) is 0.528. The molecule has 0 radical (unpaired) electrons. The van der Waals surface area contributed by atoms with Crippen molar-refractivity contribution in [2.75, 3.05) is 13.7 Å². The maximum absolute atomic E-state index is 12.0. The molecule has 1 amide bonds. The Morgan fingerprint density at radius 2 is 2.14 bits per heavy atom. The number of nitrogens with one attached hydrogen (secondary N) is 1. The number of ether oxygens (including phenoxy) is 1.